The third-order valence-corrected chi connectivity index (χ3v) is 3.42. The number of fused-ring (bicyclic) bond motifs is 1. The number of rotatable bonds is 0. The quantitative estimate of drug-likeness (QED) is 0.748. The minimum Gasteiger partial charge on any atom is -0.487 e. The maximum absolute atomic E-state index is 6.14. The topological polar surface area (TPSA) is 35.2 Å². The molecule has 14 heavy (non-hydrogen) atoms. The minimum atomic E-state index is -0.142. The summed E-state index contributed by atoms with van der Waals surface area (Å²) >= 11 is 2.31. The molecule has 0 saturated heterocycles. The highest BCUT2D eigenvalue weighted by Gasteiger charge is 2.32. The summed E-state index contributed by atoms with van der Waals surface area (Å²) in [5.74, 6) is 0.945. The molecule has 76 valence electrons. The van der Waals surface area contributed by atoms with Gasteiger partial charge in [-0.15, -0.1) is 0 Å². The fraction of sp³-hybridized carbons (Fsp3) is 0.455. The molecular formula is C11H14INO. The van der Waals surface area contributed by atoms with E-state index in [9.17, 15) is 0 Å². The van der Waals surface area contributed by atoms with Crippen LogP contribution in [-0.2, 0) is 0 Å². The van der Waals surface area contributed by atoms with Crippen molar-refractivity contribution in [3.8, 4) is 5.75 Å². The molecule has 2 rings (SSSR count). The first-order valence-electron chi connectivity index (χ1n) is 4.73. The van der Waals surface area contributed by atoms with Crippen LogP contribution in [0.5, 0.6) is 5.75 Å². The fourth-order valence-electron chi connectivity index (χ4n) is 1.94. The highest BCUT2D eigenvalue weighted by molar-refractivity contribution is 14.1. The van der Waals surface area contributed by atoms with Crippen molar-refractivity contribution in [2.24, 2.45) is 5.73 Å². The van der Waals surface area contributed by atoms with Crippen LogP contribution in [0.4, 0.5) is 0 Å². The first kappa shape index (κ1) is 10.2. The lowest BCUT2D eigenvalue weighted by Gasteiger charge is -2.36. The van der Waals surface area contributed by atoms with Crippen molar-refractivity contribution >= 4 is 22.6 Å². The molecule has 0 aliphatic carbocycles. The molecular weight excluding hydrogens is 289 g/mol. The van der Waals surface area contributed by atoms with Crippen LogP contribution in [0.1, 0.15) is 31.9 Å². The van der Waals surface area contributed by atoms with Crippen molar-refractivity contribution in [1.82, 2.24) is 0 Å². The van der Waals surface area contributed by atoms with E-state index in [0.29, 0.717) is 0 Å². The van der Waals surface area contributed by atoms with Crippen molar-refractivity contribution in [2.45, 2.75) is 31.9 Å². The monoisotopic (exact) mass is 303 g/mol. The van der Waals surface area contributed by atoms with Gasteiger partial charge in [0.1, 0.15) is 11.4 Å². The molecule has 1 atom stereocenters. The zero-order valence-electron chi connectivity index (χ0n) is 8.38. The average molecular weight is 303 g/mol. The molecule has 0 radical (unpaired) electrons. The average Bonchev–Trinajstić information content (AvgIpc) is 2.00. The summed E-state index contributed by atoms with van der Waals surface area (Å²) in [6, 6.07) is 6.18. The smallest absolute Gasteiger partial charge is 0.125 e. The second kappa shape index (κ2) is 3.38. The van der Waals surface area contributed by atoms with Crippen LogP contribution in [0.3, 0.4) is 0 Å². The summed E-state index contributed by atoms with van der Waals surface area (Å²) in [5, 5.41) is 0. The van der Waals surface area contributed by atoms with Gasteiger partial charge in [-0.3, -0.25) is 0 Å². The van der Waals surface area contributed by atoms with E-state index in [1.807, 2.05) is 12.1 Å². The van der Waals surface area contributed by atoms with Gasteiger partial charge in [0, 0.05) is 21.6 Å². The predicted octanol–water partition coefficient (Wildman–Crippen LogP) is 2.85. The highest BCUT2D eigenvalue weighted by Crippen LogP contribution is 2.40. The standard InChI is InChI=1S/C11H14INO/c1-11(2)6-8(13)10-7(12)4-3-5-9(10)14-11/h3-5,8H,6,13H2,1-2H3/t8-/m0/s1. The third-order valence-electron chi connectivity index (χ3n) is 2.48. The van der Waals surface area contributed by atoms with Crippen LogP contribution in [0.15, 0.2) is 18.2 Å². The Bertz CT molecular complexity index is 362. The van der Waals surface area contributed by atoms with Gasteiger partial charge in [0.2, 0.25) is 0 Å². The van der Waals surface area contributed by atoms with Crippen LogP contribution in [0.2, 0.25) is 0 Å². The number of benzene rings is 1. The van der Waals surface area contributed by atoms with Gasteiger partial charge in [0.15, 0.2) is 0 Å². The van der Waals surface area contributed by atoms with Gasteiger partial charge in [-0.25, -0.2) is 0 Å². The van der Waals surface area contributed by atoms with Crippen LogP contribution >= 0.6 is 22.6 Å². The lowest BCUT2D eigenvalue weighted by Crippen LogP contribution is -2.37. The van der Waals surface area contributed by atoms with Crippen LogP contribution in [0.25, 0.3) is 0 Å². The number of ether oxygens (including phenoxy) is 1. The minimum absolute atomic E-state index is 0.0989. The fourth-order valence-corrected chi connectivity index (χ4v) is 2.81. The lowest BCUT2D eigenvalue weighted by atomic mass is 9.90. The lowest BCUT2D eigenvalue weighted by molar-refractivity contribution is 0.0725. The van der Waals surface area contributed by atoms with Crippen LogP contribution in [0, 0.1) is 3.57 Å². The molecule has 0 saturated carbocycles. The van der Waals surface area contributed by atoms with Gasteiger partial charge in [-0.05, 0) is 48.6 Å². The van der Waals surface area contributed by atoms with E-state index in [1.165, 1.54) is 3.57 Å². The molecule has 0 spiro atoms. The Kier molecular flexibility index (Phi) is 2.47. The first-order valence-corrected chi connectivity index (χ1v) is 5.80. The van der Waals surface area contributed by atoms with Crippen molar-refractivity contribution in [3.63, 3.8) is 0 Å². The van der Waals surface area contributed by atoms with Crippen LogP contribution in [-0.4, -0.2) is 5.60 Å². The maximum atomic E-state index is 6.14. The Morgan fingerprint density at radius 3 is 2.93 bits per heavy atom. The summed E-state index contributed by atoms with van der Waals surface area (Å²) < 4.78 is 7.08. The molecule has 1 aromatic rings. The first-order chi connectivity index (χ1) is 6.49. The summed E-state index contributed by atoms with van der Waals surface area (Å²) in [6.07, 6.45) is 0.875. The molecule has 0 fully saturated rings. The van der Waals surface area contributed by atoms with E-state index in [4.69, 9.17) is 10.5 Å². The molecule has 2 nitrogen and oxygen atoms in total. The molecule has 1 aliphatic heterocycles. The zero-order chi connectivity index (χ0) is 10.3. The van der Waals surface area contributed by atoms with E-state index < -0.39 is 0 Å². The van der Waals surface area contributed by atoms with E-state index >= 15 is 0 Å². The molecule has 0 amide bonds. The molecule has 1 heterocycles. The van der Waals surface area contributed by atoms with E-state index in [1.54, 1.807) is 0 Å². The van der Waals surface area contributed by atoms with Gasteiger partial charge in [0.05, 0.1) is 0 Å². The normalized spacial score (nSPS) is 23.9. The number of nitrogens with two attached hydrogens (primary N) is 1. The molecule has 2 N–H and O–H groups in total. The molecule has 1 aliphatic rings. The summed E-state index contributed by atoms with van der Waals surface area (Å²) in [6.45, 7) is 4.16. The number of hydrogen-bond donors (Lipinski definition) is 1. The van der Waals surface area contributed by atoms with Crippen LogP contribution < -0.4 is 10.5 Å². The molecule has 0 aromatic heterocycles. The largest absolute Gasteiger partial charge is 0.487 e. The highest BCUT2D eigenvalue weighted by atomic mass is 127. The SMILES string of the molecule is CC1(C)C[C@H](N)c2c(I)cccc2O1. The molecule has 0 unspecified atom stereocenters. The Labute approximate surface area is 98.0 Å². The van der Waals surface area contributed by atoms with Gasteiger partial charge in [-0.2, -0.15) is 0 Å². The second-order valence-electron chi connectivity index (χ2n) is 4.32. The summed E-state index contributed by atoms with van der Waals surface area (Å²) in [4.78, 5) is 0. The van der Waals surface area contributed by atoms with E-state index in [2.05, 4.69) is 42.5 Å². The Balaban J connectivity index is 2.50. The van der Waals surface area contributed by atoms with Gasteiger partial charge < -0.3 is 10.5 Å². The Morgan fingerprint density at radius 2 is 2.21 bits per heavy atom. The van der Waals surface area contributed by atoms with Crippen molar-refractivity contribution in [2.75, 3.05) is 0 Å². The molecule has 3 heteroatoms. The van der Waals surface area contributed by atoms with Gasteiger partial charge in [-0.1, -0.05) is 6.07 Å². The Morgan fingerprint density at radius 1 is 1.50 bits per heavy atom. The second-order valence-corrected chi connectivity index (χ2v) is 5.49. The molecule has 0 bridgehead atoms. The zero-order valence-corrected chi connectivity index (χ0v) is 10.5. The van der Waals surface area contributed by atoms with Crippen molar-refractivity contribution < 1.29 is 4.74 Å². The van der Waals surface area contributed by atoms with Gasteiger partial charge >= 0.3 is 0 Å². The third kappa shape index (κ3) is 1.75. The summed E-state index contributed by atoms with van der Waals surface area (Å²) in [7, 11) is 0. The van der Waals surface area contributed by atoms with Crippen molar-refractivity contribution in [1.29, 1.82) is 0 Å². The maximum Gasteiger partial charge on any atom is 0.125 e. The van der Waals surface area contributed by atoms with Crippen molar-refractivity contribution in [3.05, 3.63) is 27.3 Å². The number of halogens is 1. The predicted molar refractivity (Wildman–Crippen MR) is 65.4 cm³/mol. The summed E-state index contributed by atoms with van der Waals surface area (Å²) in [5.41, 5.74) is 7.16. The molecule has 1 aromatic carbocycles. The van der Waals surface area contributed by atoms with Gasteiger partial charge in [0.25, 0.3) is 0 Å². The Hall–Kier alpha value is -0.290. The number of hydrogen-bond acceptors (Lipinski definition) is 2. The van der Waals surface area contributed by atoms with E-state index in [-0.39, 0.29) is 11.6 Å². The van der Waals surface area contributed by atoms with E-state index in [0.717, 1.165) is 17.7 Å².